The van der Waals surface area contributed by atoms with E-state index in [1.165, 1.54) is 11.1 Å². The molecule has 3 heteroatoms. The van der Waals surface area contributed by atoms with Gasteiger partial charge >= 0.3 is 0 Å². The van der Waals surface area contributed by atoms with Crippen molar-refractivity contribution >= 4 is 15.9 Å². The number of fused-ring (bicyclic) bond motifs is 1. The molecule has 0 bridgehead atoms. The molecule has 2 atom stereocenters. The lowest BCUT2D eigenvalue weighted by Crippen LogP contribution is -2.05. The number of halogens is 1. The lowest BCUT2D eigenvalue weighted by atomic mass is 10.0. The first-order chi connectivity index (χ1) is 8.63. The minimum absolute atomic E-state index is 0.177. The van der Waals surface area contributed by atoms with Gasteiger partial charge < -0.3 is 9.15 Å². The molecule has 0 fully saturated rings. The zero-order valence-electron chi connectivity index (χ0n) is 10.4. The molecular formula is C15H15BrO2. The van der Waals surface area contributed by atoms with Crippen molar-refractivity contribution in [2.24, 2.45) is 0 Å². The summed E-state index contributed by atoms with van der Waals surface area (Å²) in [4.78, 5) is 0.177. The highest BCUT2D eigenvalue weighted by atomic mass is 79.9. The molecule has 94 valence electrons. The normalized spacial score (nSPS) is 19.4. The molecule has 2 heterocycles. The average molecular weight is 307 g/mol. The van der Waals surface area contributed by atoms with E-state index in [0.717, 1.165) is 23.5 Å². The van der Waals surface area contributed by atoms with Crippen molar-refractivity contribution in [3.63, 3.8) is 0 Å². The first-order valence-corrected chi connectivity index (χ1v) is 7.03. The second-order valence-corrected chi connectivity index (χ2v) is 5.77. The van der Waals surface area contributed by atoms with Crippen molar-refractivity contribution in [2.75, 3.05) is 0 Å². The number of hydrogen-bond acceptors (Lipinski definition) is 2. The first kappa shape index (κ1) is 11.8. The molecule has 0 radical (unpaired) electrons. The summed E-state index contributed by atoms with van der Waals surface area (Å²) in [5, 5.41) is 0. The average Bonchev–Trinajstić information content (AvgIpc) is 2.92. The molecule has 2 unspecified atom stereocenters. The fourth-order valence-corrected chi connectivity index (χ4v) is 2.91. The standard InChI is InChI=1S/C15H15BrO2/c1-9-5-13(8-17-9)15(16)11-3-4-14-12(7-11)6-10(2)18-14/h3-5,7-8,10,15H,6H2,1-2H3. The summed E-state index contributed by atoms with van der Waals surface area (Å²) in [5.41, 5.74) is 3.69. The first-order valence-electron chi connectivity index (χ1n) is 6.12. The number of aryl methyl sites for hydroxylation is 1. The van der Waals surface area contributed by atoms with Crippen molar-refractivity contribution in [3.05, 3.63) is 53.0 Å². The second kappa shape index (κ2) is 4.47. The Hall–Kier alpha value is -1.22. The minimum Gasteiger partial charge on any atom is -0.490 e. The Balaban J connectivity index is 1.91. The molecule has 1 aromatic heterocycles. The molecule has 3 rings (SSSR count). The summed E-state index contributed by atoms with van der Waals surface area (Å²) >= 11 is 3.73. The van der Waals surface area contributed by atoms with Crippen molar-refractivity contribution in [1.82, 2.24) is 0 Å². The molecular weight excluding hydrogens is 292 g/mol. The quantitative estimate of drug-likeness (QED) is 0.768. The predicted octanol–water partition coefficient (Wildman–Crippen LogP) is 4.40. The topological polar surface area (TPSA) is 22.4 Å². The number of hydrogen-bond donors (Lipinski definition) is 0. The fourth-order valence-electron chi connectivity index (χ4n) is 2.39. The zero-order chi connectivity index (χ0) is 12.7. The van der Waals surface area contributed by atoms with Crippen LogP contribution in [0.2, 0.25) is 0 Å². The van der Waals surface area contributed by atoms with E-state index >= 15 is 0 Å². The van der Waals surface area contributed by atoms with Gasteiger partial charge in [0.25, 0.3) is 0 Å². The van der Waals surface area contributed by atoms with Crippen LogP contribution >= 0.6 is 15.9 Å². The second-order valence-electron chi connectivity index (χ2n) is 4.85. The molecule has 2 nitrogen and oxygen atoms in total. The van der Waals surface area contributed by atoms with Crippen LogP contribution in [0.5, 0.6) is 5.75 Å². The number of furan rings is 1. The summed E-state index contributed by atoms with van der Waals surface area (Å²) in [6.45, 7) is 4.06. The van der Waals surface area contributed by atoms with Crippen LogP contribution in [-0.2, 0) is 6.42 Å². The van der Waals surface area contributed by atoms with Gasteiger partial charge in [0.2, 0.25) is 0 Å². The fraction of sp³-hybridized carbons (Fsp3) is 0.333. The maximum Gasteiger partial charge on any atom is 0.123 e. The number of benzene rings is 1. The molecule has 0 aliphatic carbocycles. The van der Waals surface area contributed by atoms with Crippen molar-refractivity contribution in [1.29, 1.82) is 0 Å². The van der Waals surface area contributed by atoms with Gasteiger partial charge in [-0.2, -0.15) is 0 Å². The van der Waals surface area contributed by atoms with E-state index in [1.807, 2.05) is 6.92 Å². The maximum absolute atomic E-state index is 5.72. The van der Waals surface area contributed by atoms with Crippen LogP contribution in [0, 0.1) is 6.92 Å². The molecule has 0 N–H and O–H groups in total. The number of rotatable bonds is 2. The smallest absolute Gasteiger partial charge is 0.123 e. The third kappa shape index (κ3) is 2.07. The molecule has 0 spiro atoms. The monoisotopic (exact) mass is 306 g/mol. The Bertz CT molecular complexity index is 574. The lowest BCUT2D eigenvalue weighted by molar-refractivity contribution is 0.254. The highest BCUT2D eigenvalue weighted by molar-refractivity contribution is 9.09. The molecule has 18 heavy (non-hydrogen) atoms. The van der Waals surface area contributed by atoms with Gasteiger partial charge in [-0.05, 0) is 37.1 Å². The van der Waals surface area contributed by atoms with Crippen molar-refractivity contribution in [3.8, 4) is 5.75 Å². The molecule has 0 saturated carbocycles. The third-order valence-electron chi connectivity index (χ3n) is 3.26. The van der Waals surface area contributed by atoms with E-state index in [9.17, 15) is 0 Å². The number of alkyl halides is 1. The summed E-state index contributed by atoms with van der Waals surface area (Å²) in [6.07, 6.45) is 3.09. The van der Waals surface area contributed by atoms with E-state index in [1.54, 1.807) is 6.26 Å². The number of ether oxygens (including phenoxy) is 1. The molecule has 1 aliphatic rings. The van der Waals surface area contributed by atoms with E-state index in [-0.39, 0.29) is 4.83 Å². The predicted molar refractivity (Wildman–Crippen MR) is 74.5 cm³/mol. The van der Waals surface area contributed by atoms with Crippen LogP contribution in [0.4, 0.5) is 0 Å². The van der Waals surface area contributed by atoms with Gasteiger partial charge in [-0.1, -0.05) is 28.1 Å². The van der Waals surface area contributed by atoms with Crippen LogP contribution < -0.4 is 4.74 Å². The van der Waals surface area contributed by atoms with Gasteiger partial charge in [0, 0.05) is 12.0 Å². The van der Waals surface area contributed by atoms with Crippen LogP contribution in [0.15, 0.2) is 34.9 Å². The van der Waals surface area contributed by atoms with Crippen LogP contribution in [0.25, 0.3) is 0 Å². The van der Waals surface area contributed by atoms with Crippen LogP contribution in [-0.4, -0.2) is 6.10 Å². The van der Waals surface area contributed by atoms with Gasteiger partial charge in [-0.3, -0.25) is 0 Å². The van der Waals surface area contributed by atoms with Gasteiger partial charge in [-0.25, -0.2) is 0 Å². The van der Waals surface area contributed by atoms with E-state index in [2.05, 4.69) is 47.1 Å². The summed E-state index contributed by atoms with van der Waals surface area (Å²) in [6, 6.07) is 8.46. The van der Waals surface area contributed by atoms with Gasteiger partial charge in [0.1, 0.15) is 17.6 Å². The van der Waals surface area contributed by atoms with E-state index in [0.29, 0.717) is 6.10 Å². The van der Waals surface area contributed by atoms with Gasteiger partial charge in [0.15, 0.2) is 0 Å². The minimum atomic E-state index is 0.177. The van der Waals surface area contributed by atoms with Gasteiger partial charge in [0.05, 0.1) is 11.1 Å². The summed E-state index contributed by atoms with van der Waals surface area (Å²) < 4.78 is 11.1. The lowest BCUT2D eigenvalue weighted by Gasteiger charge is -2.09. The Morgan fingerprint density at radius 1 is 1.28 bits per heavy atom. The van der Waals surface area contributed by atoms with E-state index in [4.69, 9.17) is 9.15 Å². The Morgan fingerprint density at radius 2 is 2.11 bits per heavy atom. The van der Waals surface area contributed by atoms with Crippen molar-refractivity contribution in [2.45, 2.75) is 31.2 Å². The Kier molecular flexibility index (Phi) is 2.94. The molecule has 1 aliphatic heterocycles. The SMILES string of the molecule is Cc1cc(C(Br)c2ccc3c(c2)CC(C)O3)co1. The largest absolute Gasteiger partial charge is 0.490 e. The molecule has 2 aromatic rings. The Morgan fingerprint density at radius 3 is 2.83 bits per heavy atom. The summed E-state index contributed by atoms with van der Waals surface area (Å²) in [5.74, 6) is 1.96. The van der Waals surface area contributed by atoms with E-state index < -0.39 is 0 Å². The van der Waals surface area contributed by atoms with Crippen molar-refractivity contribution < 1.29 is 9.15 Å². The zero-order valence-corrected chi connectivity index (χ0v) is 12.0. The van der Waals surface area contributed by atoms with Crippen LogP contribution in [0.3, 0.4) is 0 Å². The highest BCUT2D eigenvalue weighted by Gasteiger charge is 2.21. The van der Waals surface area contributed by atoms with Crippen LogP contribution in [0.1, 0.15) is 34.2 Å². The molecule has 0 amide bonds. The Labute approximate surface area is 115 Å². The highest BCUT2D eigenvalue weighted by Crippen LogP contribution is 2.36. The molecule has 1 aromatic carbocycles. The third-order valence-corrected chi connectivity index (χ3v) is 4.31. The molecule has 0 saturated heterocycles. The maximum atomic E-state index is 5.72. The summed E-state index contributed by atoms with van der Waals surface area (Å²) in [7, 11) is 0. The van der Waals surface area contributed by atoms with Gasteiger partial charge in [-0.15, -0.1) is 0 Å².